The van der Waals surface area contributed by atoms with E-state index in [0.29, 0.717) is 41.0 Å². The summed E-state index contributed by atoms with van der Waals surface area (Å²) in [6.07, 6.45) is 5.91. The molecule has 1 spiro atoms. The minimum atomic E-state index is -0.137. The summed E-state index contributed by atoms with van der Waals surface area (Å²) in [5.74, 6) is 1.49. The lowest BCUT2D eigenvalue weighted by atomic mass is 9.73. The minimum absolute atomic E-state index is 0.00661. The van der Waals surface area contributed by atoms with E-state index >= 15 is 0 Å². The number of hydrogen-bond donors (Lipinski definition) is 0. The molecule has 27 heavy (non-hydrogen) atoms. The Labute approximate surface area is 162 Å². The quantitative estimate of drug-likeness (QED) is 0.799. The summed E-state index contributed by atoms with van der Waals surface area (Å²) < 4.78 is 6.43. The van der Waals surface area contributed by atoms with Crippen LogP contribution in [-0.2, 0) is 4.74 Å². The molecule has 8 heteroatoms. The van der Waals surface area contributed by atoms with Crippen molar-refractivity contribution in [2.24, 2.45) is 11.8 Å². The predicted molar refractivity (Wildman–Crippen MR) is 101 cm³/mol. The highest BCUT2D eigenvalue weighted by molar-refractivity contribution is 7.13. The van der Waals surface area contributed by atoms with E-state index in [1.54, 1.807) is 18.5 Å². The van der Waals surface area contributed by atoms with E-state index in [4.69, 9.17) is 4.74 Å². The number of carbonyl (C=O) groups is 1. The Morgan fingerprint density at radius 1 is 1.41 bits per heavy atom. The molecule has 2 bridgehead atoms. The van der Waals surface area contributed by atoms with E-state index in [2.05, 4.69) is 33.9 Å². The van der Waals surface area contributed by atoms with Crippen molar-refractivity contribution in [1.82, 2.24) is 24.8 Å². The zero-order chi connectivity index (χ0) is 18.6. The Hall–Kier alpha value is -1.90. The van der Waals surface area contributed by atoms with Crippen LogP contribution in [-0.4, -0.2) is 76.1 Å². The molecule has 142 valence electrons. The van der Waals surface area contributed by atoms with Crippen LogP contribution in [0.15, 0.2) is 23.8 Å². The molecule has 3 saturated heterocycles. The topological polar surface area (TPSA) is 71.5 Å². The van der Waals surface area contributed by atoms with Crippen LogP contribution in [0.4, 0.5) is 0 Å². The number of hydrogen-bond acceptors (Lipinski definition) is 7. The molecular weight excluding hydrogens is 362 g/mol. The Kier molecular flexibility index (Phi) is 4.03. The lowest BCUT2D eigenvalue weighted by Crippen LogP contribution is -2.40. The average molecular weight is 385 g/mol. The first-order valence-corrected chi connectivity index (χ1v) is 10.3. The van der Waals surface area contributed by atoms with E-state index in [1.165, 1.54) is 11.3 Å². The SMILES string of the molecule is CN(C)C[C@H]1[C@@H]2CC[C@@]3(CN(C(=O)c4csc(-c5ncccn5)n4)C[C@@H]13)O2. The molecule has 0 saturated carbocycles. The smallest absolute Gasteiger partial charge is 0.273 e. The standard InChI is InChI=1S/C19H23N5O2S/c1-23(2)8-12-13-9-24(11-19(13)5-4-15(12)26-19)18(25)14-10-27-17(22-14)16-20-6-3-7-21-16/h3,6-7,10,12-13,15H,4-5,8-9,11H2,1-2H3/t12-,13+,15+,19+/m1/s1. The Balaban J connectivity index is 1.35. The van der Waals surface area contributed by atoms with Crippen molar-refractivity contribution in [3.05, 3.63) is 29.5 Å². The van der Waals surface area contributed by atoms with Crippen LogP contribution in [0.5, 0.6) is 0 Å². The highest BCUT2D eigenvalue weighted by atomic mass is 32.1. The molecule has 0 unspecified atom stereocenters. The summed E-state index contributed by atoms with van der Waals surface area (Å²) >= 11 is 1.41. The third-order valence-corrected chi connectivity index (χ3v) is 6.97. The van der Waals surface area contributed by atoms with Crippen molar-refractivity contribution in [3.63, 3.8) is 0 Å². The second-order valence-electron chi connectivity index (χ2n) is 8.09. The Bertz CT molecular complexity index is 857. The normalized spacial score (nSPS) is 31.7. The van der Waals surface area contributed by atoms with Crippen molar-refractivity contribution in [3.8, 4) is 10.8 Å². The zero-order valence-corrected chi connectivity index (χ0v) is 16.4. The van der Waals surface area contributed by atoms with Gasteiger partial charge in [0.2, 0.25) is 0 Å². The molecule has 0 radical (unpaired) electrons. The fraction of sp³-hybridized carbons (Fsp3) is 0.579. The zero-order valence-electron chi connectivity index (χ0n) is 15.5. The average Bonchev–Trinajstić information content (AvgIpc) is 3.42. The number of aromatic nitrogens is 3. The van der Waals surface area contributed by atoms with Crippen molar-refractivity contribution < 1.29 is 9.53 Å². The van der Waals surface area contributed by atoms with Crippen molar-refractivity contribution >= 4 is 17.2 Å². The minimum Gasteiger partial charge on any atom is -0.369 e. The summed E-state index contributed by atoms with van der Waals surface area (Å²) in [6.45, 7) is 2.47. The molecule has 5 heterocycles. The second kappa shape index (κ2) is 6.32. The molecule has 4 atom stereocenters. The Morgan fingerprint density at radius 2 is 2.22 bits per heavy atom. The number of likely N-dealkylation sites (tertiary alicyclic amines) is 1. The third kappa shape index (κ3) is 2.78. The van der Waals surface area contributed by atoms with Gasteiger partial charge in [0.05, 0.1) is 18.2 Å². The van der Waals surface area contributed by atoms with Crippen LogP contribution >= 0.6 is 11.3 Å². The molecule has 0 aliphatic carbocycles. The monoisotopic (exact) mass is 385 g/mol. The van der Waals surface area contributed by atoms with E-state index < -0.39 is 0 Å². The lowest BCUT2D eigenvalue weighted by Gasteiger charge is -2.30. The molecule has 2 aromatic heterocycles. The van der Waals surface area contributed by atoms with Gasteiger partial charge >= 0.3 is 0 Å². The molecule has 5 rings (SSSR count). The largest absolute Gasteiger partial charge is 0.369 e. The van der Waals surface area contributed by atoms with Gasteiger partial charge in [0.15, 0.2) is 10.8 Å². The van der Waals surface area contributed by atoms with Crippen molar-refractivity contribution in [2.45, 2.75) is 24.5 Å². The number of carbonyl (C=O) groups excluding carboxylic acids is 1. The summed E-state index contributed by atoms with van der Waals surface area (Å²) in [5.41, 5.74) is 0.347. The number of amides is 1. The maximum Gasteiger partial charge on any atom is 0.273 e. The van der Waals surface area contributed by atoms with Gasteiger partial charge in [-0.3, -0.25) is 4.79 Å². The number of thiazole rings is 1. The maximum atomic E-state index is 13.1. The molecule has 1 amide bonds. The van der Waals surface area contributed by atoms with Crippen LogP contribution in [0.1, 0.15) is 23.3 Å². The number of rotatable bonds is 4. The van der Waals surface area contributed by atoms with Gasteiger partial charge in [0.1, 0.15) is 5.69 Å². The number of nitrogens with zero attached hydrogens (tertiary/aromatic N) is 5. The van der Waals surface area contributed by atoms with Gasteiger partial charge in [-0.05, 0) is 33.0 Å². The molecule has 0 aromatic carbocycles. The molecule has 0 N–H and O–H groups in total. The molecular formula is C19H23N5O2S. The number of fused-ring (bicyclic) bond motifs is 1. The summed E-state index contributed by atoms with van der Waals surface area (Å²) in [6, 6.07) is 1.77. The van der Waals surface area contributed by atoms with Crippen LogP contribution in [0, 0.1) is 11.8 Å². The van der Waals surface area contributed by atoms with E-state index in [1.807, 2.05) is 10.3 Å². The molecule has 3 aliphatic heterocycles. The van der Waals surface area contributed by atoms with E-state index in [-0.39, 0.29) is 11.5 Å². The predicted octanol–water partition coefficient (Wildman–Crippen LogP) is 1.78. The first kappa shape index (κ1) is 17.2. The fourth-order valence-electron chi connectivity index (χ4n) is 5.06. The summed E-state index contributed by atoms with van der Waals surface area (Å²) in [5, 5.41) is 2.49. The fourth-order valence-corrected chi connectivity index (χ4v) is 5.80. The van der Waals surface area contributed by atoms with Gasteiger partial charge in [-0.15, -0.1) is 11.3 Å². The van der Waals surface area contributed by atoms with E-state index in [9.17, 15) is 4.79 Å². The van der Waals surface area contributed by atoms with E-state index in [0.717, 1.165) is 25.9 Å². The van der Waals surface area contributed by atoms with Crippen LogP contribution < -0.4 is 0 Å². The second-order valence-corrected chi connectivity index (χ2v) is 8.95. The van der Waals surface area contributed by atoms with Crippen molar-refractivity contribution in [1.29, 1.82) is 0 Å². The Morgan fingerprint density at radius 3 is 3.00 bits per heavy atom. The first-order chi connectivity index (χ1) is 13.1. The highest BCUT2D eigenvalue weighted by Gasteiger charge is 2.63. The van der Waals surface area contributed by atoms with Crippen molar-refractivity contribution in [2.75, 3.05) is 33.7 Å². The van der Waals surface area contributed by atoms with Gasteiger partial charge in [-0.1, -0.05) is 0 Å². The van der Waals surface area contributed by atoms with Gasteiger partial charge in [0.25, 0.3) is 5.91 Å². The molecule has 3 fully saturated rings. The highest BCUT2D eigenvalue weighted by Crippen LogP contribution is 2.55. The van der Waals surface area contributed by atoms with Gasteiger partial charge < -0.3 is 14.5 Å². The third-order valence-electron chi connectivity index (χ3n) is 6.13. The molecule has 2 aromatic rings. The summed E-state index contributed by atoms with van der Waals surface area (Å²) in [7, 11) is 4.22. The molecule has 7 nitrogen and oxygen atoms in total. The van der Waals surface area contributed by atoms with Crippen LogP contribution in [0.25, 0.3) is 10.8 Å². The number of ether oxygens (including phenoxy) is 1. The molecule has 3 aliphatic rings. The van der Waals surface area contributed by atoms with Crippen LogP contribution in [0.3, 0.4) is 0 Å². The maximum absolute atomic E-state index is 13.1. The van der Waals surface area contributed by atoms with Gasteiger partial charge in [-0.25, -0.2) is 15.0 Å². The first-order valence-electron chi connectivity index (χ1n) is 9.40. The lowest BCUT2D eigenvalue weighted by molar-refractivity contribution is 0.00251. The van der Waals surface area contributed by atoms with Gasteiger partial charge in [-0.2, -0.15) is 0 Å². The van der Waals surface area contributed by atoms with Crippen LogP contribution in [0.2, 0.25) is 0 Å². The summed E-state index contributed by atoms with van der Waals surface area (Å²) in [4.78, 5) is 30.2. The van der Waals surface area contributed by atoms with Gasteiger partial charge in [0, 0.05) is 42.7 Å².